The second-order valence-corrected chi connectivity index (χ2v) is 6.26. The van der Waals surface area contributed by atoms with E-state index in [1.807, 2.05) is 0 Å². The molecule has 1 aliphatic rings. The molecule has 1 fully saturated rings. The maximum absolute atomic E-state index is 12.2. The average Bonchev–Trinajstić information content (AvgIpc) is 3.03. The Kier molecular flexibility index (Phi) is 6.25. The van der Waals surface area contributed by atoms with Crippen molar-refractivity contribution in [2.75, 3.05) is 19.7 Å². The summed E-state index contributed by atoms with van der Waals surface area (Å²) in [5, 5.41) is 6.47. The Morgan fingerprint density at radius 3 is 2.87 bits per heavy atom. The van der Waals surface area contributed by atoms with E-state index >= 15 is 0 Å². The lowest BCUT2D eigenvalue weighted by molar-refractivity contribution is 0.0862. The molecule has 124 valence electrons. The first kappa shape index (κ1) is 17.1. The third-order valence-electron chi connectivity index (χ3n) is 3.53. The molecule has 1 N–H and O–H groups in total. The minimum atomic E-state index is -0.293. The van der Waals surface area contributed by atoms with Crippen LogP contribution in [0.25, 0.3) is 10.4 Å². The number of piperidine rings is 1. The molecular weight excluding hydrogens is 318 g/mol. The Labute approximate surface area is 138 Å². The van der Waals surface area contributed by atoms with E-state index in [1.54, 1.807) is 24.0 Å². The zero-order valence-electron chi connectivity index (χ0n) is 12.9. The van der Waals surface area contributed by atoms with Crippen LogP contribution >= 0.6 is 11.3 Å². The first-order valence-electron chi connectivity index (χ1n) is 7.46. The van der Waals surface area contributed by atoms with Gasteiger partial charge in [0, 0.05) is 28.9 Å². The van der Waals surface area contributed by atoms with Crippen LogP contribution in [0.5, 0.6) is 0 Å². The molecule has 0 aromatic carbocycles. The minimum absolute atomic E-state index is 0.0517. The first-order chi connectivity index (χ1) is 11.1. The Hall–Kier alpha value is -2.25. The second-order valence-electron chi connectivity index (χ2n) is 5.09. The SMILES string of the molecule is CCOC(=O)N1CCC(NC(=O)c2ccc(CN=[N+]=[N-])s2)CC1. The Morgan fingerprint density at radius 2 is 2.22 bits per heavy atom. The van der Waals surface area contributed by atoms with Crippen LogP contribution in [0.3, 0.4) is 0 Å². The van der Waals surface area contributed by atoms with Crippen molar-refractivity contribution >= 4 is 23.3 Å². The van der Waals surface area contributed by atoms with Crippen LogP contribution in [0.2, 0.25) is 0 Å². The zero-order chi connectivity index (χ0) is 16.7. The summed E-state index contributed by atoms with van der Waals surface area (Å²) in [7, 11) is 0. The van der Waals surface area contributed by atoms with Crippen molar-refractivity contribution in [1.82, 2.24) is 10.2 Å². The zero-order valence-corrected chi connectivity index (χ0v) is 13.7. The van der Waals surface area contributed by atoms with E-state index in [1.165, 1.54) is 11.3 Å². The number of rotatable bonds is 5. The van der Waals surface area contributed by atoms with E-state index in [4.69, 9.17) is 10.3 Å². The lowest BCUT2D eigenvalue weighted by atomic mass is 10.1. The van der Waals surface area contributed by atoms with Crippen LogP contribution in [-0.4, -0.2) is 42.6 Å². The molecule has 0 saturated carbocycles. The maximum atomic E-state index is 12.2. The van der Waals surface area contributed by atoms with Gasteiger partial charge in [-0.15, -0.1) is 11.3 Å². The van der Waals surface area contributed by atoms with Gasteiger partial charge in [0.05, 0.1) is 18.0 Å². The smallest absolute Gasteiger partial charge is 0.409 e. The van der Waals surface area contributed by atoms with Crippen molar-refractivity contribution in [3.8, 4) is 0 Å². The summed E-state index contributed by atoms with van der Waals surface area (Å²) in [4.78, 5) is 29.6. The van der Waals surface area contributed by atoms with E-state index in [2.05, 4.69) is 15.3 Å². The number of amides is 2. The van der Waals surface area contributed by atoms with E-state index in [0.29, 0.717) is 37.4 Å². The van der Waals surface area contributed by atoms with E-state index in [9.17, 15) is 9.59 Å². The molecule has 0 unspecified atom stereocenters. The molecule has 1 saturated heterocycles. The van der Waals surface area contributed by atoms with Crippen LogP contribution in [0.15, 0.2) is 17.2 Å². The number of carbonyl (C=O) groups excluding carboxylic acids is 2. The third kappa shape index (κ3) is 4.87. The highest BCUT2D eigenvalue weighted by Gasteiger charge is 2.25. The van der Waals surface area contributed by atoms with Gasteiger partial charge in [-0.1, -0.05) is 5.11 Å². The molecule has 23 heavy (non-hydrogen) atoms. The highest BCUT2D eigenvalue weighted by molar-refractivity contribution is 7.14. The van der Waals surface area contributed by atoms with Crippen molar-refractivity contribution in [3.05, 3.63) is 32.3 Å². The summed E-state index contributed by atoms with van der Waals surface area (Å²) in [6.07, 6.45) is 1.13. The summed E-state index contributed by atoms with van der Waals surface area (Å²) < 4.78 is 4.97. The molecule has 8 nitrogen and oxygen atoms in total. The summed E-state index contributed by atoms with van der Waals surface area (Å²) in [5.74, 6) is -0.128. The topological polar surface area (TPSA) is 107 Å². The monoisotopic (exact) mass is 337 g/mol. The van der Waals surface area contributed by atoms with Gasteiger partial charge in [0.25, 0.3) is 5.91 Å². The minimum Gasteiger partial charge on any atom is -0.450 e. The molecule has 1 aromatic rings. The molecule has 2 amide bonds. The largest absolute Gasteiger partial charge is 0.450 e. The Bertz CT molecular complexity index is 603. The molecule has 2 rings (SSSR count). The first-order valence-corrected chi connectivity index (χ1v) is 8.27. The van der Waals surface area contributed by atoms with Crippen molar-refractivity contribution in [3.63, 3.8) is 0 Å². The summed E-state index contributed by atoms with van der Waals surface area (Å²) >= 11 is 1.32. The van der Waals surface area contributed by atoms with Crippen molar-refractivity contribution < 1.29 is 14.3 Å². The molecule has 0 aliphatic carbocycles. The molecule has 0 atom stereocenters. The van der Waals surface area contributed by atoms with Gasteiger partial charge in [-0.05, 0) is 37.4 Å². The molecule has 9 heteroatoms. The number of nitrogens with one attached hydrogen (secondary N) is 1. The fraction of sp³-hybridized carbons (Fsp3) is 0.571. The molecule has 0 spiro atoms. The summed E-state index contributed by atoms with van der Waals surface area (Å²) in [5.41, 5.74) is 8.30. The van der Waals surface area contributed by atoms with E-state index < -0.39 is 0 Å². The fourth-order valence-corrected chi connectivity index (χ4v) is 3.19. The number of likely N-dealkylation sites (tertiary alicyclic amines) is 1. The number of azide groups is 1. The van der Waals surface area contributed by atoms with E-state index in [-0.39, 0.29) is 24.6 Å². The third-order valence-corrected chi connectivity index (χ3v) is 4.60. The van der Waals surface area contributed by atoms with Crippen LogP contribution in [0, 0.1) is 0 Å². The predicted molar refractivity (Wildman–Crippen MR) is 86.3 cm³/mol. The second kappa shape index (κ2) is 8.40. The predicted octanol–water partition coefficient (Wildman–Crippen LogP) is 2.91. The average molecular weight is 337 g/mol. The van der Waals surface area contributed by atoms with Gasteiger partial charge in [0.1, 0.15) is 0 Å². The van der Waals surface area contributed by atoms with E-state index in [0.717, 1.165) is 4.88 Å². The quantitative estimate of drug-likeness (QED) is 0.507. The lowest BCUT2D eigenvalue weighted by Gasteiger charge is -2.31. The molecule has 0 bridgehead atoms. The number of hydrogen-bond acceptors (Lipinski definition) is 5. The Morgan fingerprint density at radius 1 is 1.48 bits per heavy atom. The summed E-state index contributed by atoms with van der Waals surface area (Å²) in [6, 6.07) is 3.57. The molecule has 0 radical (unpaired) electrons. The number of ether oxygens (including phenoxy) is 1. The van der Waals surface area contributed by atoms with Gasteiger partial charge in [0.2, 0.25) is 0 Å². The fourth-order valence-electron chi connectivity index (χ4n) is 2.36. The van der Waals surface area contributed by atoms with Crippen molar-refractivity contribution in [2.45, 2.75) is 32.4 Å². The molecular formula is C14H19N5O3S. The van der Waals surface area contributed by atoms with Crippen LogP contribution < -0.4 is 5.32 Å². The van der Waals surface area contributed by atoms with Gasteiger partial charge in [-0.25, -0.2) is 4.79 Å². The van der Waals surface area contributed by atoms with Gasteiger partial charge >= 0.3 is 6.09 Å². The number of nitrogens with zero attached hydrogens (tertiary/aromatic N) is 4. The van der Waals surface area contributed by atoms with Gasteiger partial charge < -0.3 is 15.0 Å². The summed E-state index contributed by atoms with van der Waals surface area (Å²) in [6.45, 7) is 3.56. The maximum Gasteiger partial charge on any atom is 0.409 e. The number of carbonyl (C=O) groups is 2. The van der Waals surface area contributed by atoms with Crippen LogP contribution in [-0.2, 0) is 11.3 Å². The number of thiophene rings is 1. The van der Waals surface area contributed by atoms with Gasteiger partial charge in [-0.2, -0.15) is 0 Å². The normalized spacial score (nSPS) is 14.9. The standard InChI is InChI=1S/C14H19N5O3S/c1-2-22-14(21)19-7-5-10(6-8-19)17-13(20)12-4-3-11(23-12)9-16-18-15/h3-4,10H,2,5-9H2,1H3,(H,17,20). The van der Waals surface area contributed by atoms with Crippen molar-refractivity contribution in [2.24, 2.45) is 5.11 Å². The molecule has 1 aliphatic heterocycles. The highest BCUT2D eigenvalue weighted by atomic mass is 32.1. The van der Waals surface area contributed by atoms with Gasteiger partial charge in [0.15, 0.2) is 0 Å². The van der Waals surface area contributed by atoms with Crippen molar-refractivity contribution in [1.29, 1.82) is 0 Å². The van der Waals surface area contributed by atoms with Crippen LogP contribution in [0.4, 0.5) is 4.79 Å². The Balaban J connectivity index is 1.81. The molecule has 2 heterocycles. The lowest BCUT2D eigenvalue weighted by Crippen LogP contribution is -2.46. The highest BCUT2D eigenvalue weighted by Crippen LogP contribution is 2.19. The van der Waals surface area contributed by atoms with Crippen LogP contribution in [0.1, 0.15) is 34.3 Å². The molecule has 1 aromatic heterocycles. The number of hydrogen-bond donors (Lipinski definition) is 1. The van der Waals surface area contributed by atoms with Gasteiger partial charge in [-0.3, -0.25) is 4.79 Å².